The molecular weight excluding hydrogens is 709 g/mol. The van der Waals surface area contributed by atoms with Crippen LogP contribution in [-0.2, 0) is 0 Å². The van der Waals surface area contributed by atoms with Gasteiger partial charge in [-0.15, -0.1) is 0 Å². The minimum Gasteiger partial charge on any atom is -0.349 e. The summed E-state index contributed by atoms with van der Waals surface area (Å²) in [6.45, 7) is 4.63. The molecule has 0 radical (unpaired) electrons. The van der Waals surface area contributed by atoms with Crippen molar-refractivity contribution in [2.45, 2.75) is 44.4 Å². The molecule has 0 N–H and O–H groups in total. The van der Waals surface area contributed by atoms with E-state index >= 15 is 0 Å². The van der Waals surface area contributed by atoms with Crippen LogP contribution in [0, 0.1) is 17.8 Å². The molecule has 7 atom stereocenters. The quantitative estimate of drug-likeness (QED) is 0.180. The fraction of sp³-hybridized carbons (Fsp3) is 0.231. The lowest BCUT2D eigenvalue weighted by molar-refractivity contribution is 0.402. The van der Waals surface area contributed by atoms with Gasteiger partial charge in [-0.25, -0.2) is 0 Å². The third kappa shape index (κ3) is 6.47. The summed E-state index contributed by atoms with van der Waals surface area (Å²) in [6, 6.07) is 31.4. The van der Waals surface area contributed by atoms with Gasteiger partial charge in [-0.1, -0.05) is 117 Å². The smallest absolute Gasteiger partial charge is 0.116 e. The third-order valence-corrected chi connectivity index (χ3v) is 12.9. The first kappa shape index (κ1) is 36.0. The van der Waals surface area contributed by atoms with E-state index in [4.69, 9.17) is 9.98 Å². The highest BCUT2D eigenvalue weighted by Crippen LogP contribution is 2.36. The number of anilines is 3. The van der Waals surface area contributed by atoms with Gasteiger partial charge in [-0.05, 0) is 106 Å². The van der Waals surface area contributed by atoms with Crippen molar-refractivity contribution in [2.24, 2.45) is 27.7 Å². The number of benzene rings is 4. The first-order chi connectivity index (χ1) is 28.4. The molecule has 58 heavy (non-hydrogen) atoms. The number of aliphatic imine (C=N–C) groups is 2. The zero-order chi connectivity index (χ0) is 39.3. The number of fused-ring (bicyclic) bond motifs is 4. The van der Waals surface area contributed by atoms with Gasteiger partial charge < -0.3 is 19.6 Å². The number of hydrogen-bond donors (Lipinski definition) is 0. The standard InChI is InChI=1S/C52H50N6/c1-35-12-8-9-15-46(35)56(4)48-17-11-19-50-52(48)54-34-58(50)45-27-25-40-30-38(36(2)28-42(40)32-45)22-20-37-21-23-41-31-44(26-24-39(41)29-37)57-33-53-51-47(16-10-18-49(51)57)55(3)43-13-6-5-7-14-43/h5-11,13-36,38,49-52H,12H2,1-4H3/b22-20+. The molecule has 288 valence electrons. The van der Waals surface area contributed by atoms with Gasteiger partial charge in [0.05, 0.1) is 24.8 Å². The Balaban J connectivity index is 0.819. The van der Waals surface area contributed by atoms with Gasteiger partial charge in [0.15, 0.2) is 0 Å². The summed E-state index contributed by atoms with van der Waals surface area (Å²) in [5.41, 5.74) is 8.53. The molecule has 4 aromatic rings. The van der Waals surface area contributed by atoms with E-state index < -0.39 is 0 Å². The molecule has 0 bridgehead atoms. The van der Waals surface area contributed by atoms with Crippen molar-refractivity contribution in [3.05, 3.63) is 179 Å². The van der Waals surface area contributed by atoms with Gasteiger partial charge in [-0.3, -0.25) is 9.98 Å². The number of nitrogens with zero attached hydrogens (tertiary/aromatic N) is 6. The Morgan fingerprint density at radius 2 is 1.29 bits per heavy atom. The van der Waals surface area contributed by atoms with E-state index in [0.29, 0.717) is 17.8 Å². The molecule has 0 fully saturated rings. The average Bonchev–Trinajstić information content (AvgIpc) is 3.91. The van der Waals surface area contributed by atoms with E-state index in [1.54, 1.807) is 0 Å². The van der Waals surface area contributed by atoms with Gasteiger partial charge in [0.25, 0.3) is 0 Å². The molecule has 4 aromatic carbocycles. The maximum Gasteiger partial charge on any atom is 0.116 e. The van der Waals surface area contributed by atoms with E-state index in [9.17, 15) is 0 Å². The zero-order valence-corrected chi connectivity index (χ0v) is 33.7. The molecule has 2 heterocycles. The topological polar surface area (TPSA) is 37.7 Å². The first-order valence-electron chi connectivity index (χ1n) is 20.7. The molecule has 0 saturated carbocycles. The Kier molecular flexibility index (Phi) is 9.20. The number of allylic oxidation sites excluding steroid dienone is 9. The van der Waals surface area contributed by atoms with Crippen LogP contribution in [0.3, 0.4) is 0 Å². The van der Waals surface area contributed by atoms with Crippen LogP contribution in [0.15, 0.2) is 173 Å². The maximum atomic E-state index is 5.06. The van der Waals surface area contributed by atoms with Gasteiger partial charge >= 0.3 is 0 Å². The molecule has 0 aromatic heterocycles. The molecule has 10 rings (SSSR count). The fourth-order valence-corrected chi connectivity index (χ4v) is 9.52. The number of likely N-dealkylation sites (N-methyl/N-ethyl adjacent to an activating group) is 2. The molecule has 4 aliphatic carbocycles. The third-order valence-electron chi connectivity index (χ3n) is 12.9. The summed E-state index contributed by atoms with van der Waals surface area (Å²) >= 11 is 0. The molecule has 7 unspecified atom stereocenters. The summed E-state index contributed by atoms with van der Waals surface area (Å²) in [5.74, 6) is 1.19. The van der Waals surface area contributed by atoms with Crippen molar-refractivity contribution >= 4 is 58.7 Å². The Morgan fingerprint density at radius 3 is 2.03 bits per heavy atom. The summed E-state index contributed by atoms with van der Waals surface area (Å²) < 4.78 is 0. The van der Waals surface area contributed by atoms with Crippen LogP contribution in [-0.4, -0.2) is 55.8 Å². The van der Waals surface area contributed by atoms with Crippen LogP contribution in [0.25, 0.3) is 29.0 Å². The molecule has 2 aliphatic heterocycles. The molecule has 6 heteroatoms. The van der Waals surface area contributed by atoms with Gasteiger partial charge in [-0.2, -0.15) is 0 Å². The fourth-order valence-electron chi connectivity index (χ4n) is 9.52. The van der Waals surface area contributed by atoms with Crippen molar-refractivity contribution in [2.75, 3.05) is 28.8 Å². The van der Waals surface area contributed by atoms with Crippen LogP contribution in [0.1, 0.15) is 25.8 Å². The van der Waals surface area contributed by atoms with Crippen molar-refractivity contribution in [1.82, 2.24) is 4.90 Å². The molecule has 6 nitrogen and oxygen atoms in total. The van der Waals surface area contributed by atoms with E-state index in [0.717, 1.165) is 12.1 Å². The van der Waals surface area contributed by atoms with Crippen LogP contribution in [0.4, 0.5) is 17.1 Å². The predicted octanol–water partition coefficient (Wildman–Crippen LogP) is 9.01. The molecule has 0 saturated heterocycles. The summed E-state index contributed by atoms with van der Waals surface area (Å²) in [4.78, 5) is 19.3. The summed E-state index contributed by atoms with van der Waals surface area (Å²) in [7, 11) is 4.33. The van der Waals surface area contributed by atoms with Gasteiger partial charge in [0.2, 0.25) is 0 Å². The lowest BCUT2D eigenvalue weighted by Gasteiger charge is -2.36. The Hall–Kier alpha value is -6.40. The van der Waals surface area contributed by atoms with E-state index in [1.807, 2.05) is 12.7 Å². The second-order valence-electron chi connectivity index (χ2n) is 16.5. The van der Waals surface area contributed by atoms with Gasteiger partial charge in [0.1, 0.15) is 12.1 Å². The Bertz CT molecular complexity index is 2670. The normalized spacial score (nSPS) is 26.5. The predicted molar refractivity (Wildman–Crippen MR) is 245 cm³/mol. The SMILES string of the molecule is CC1CC=CC=C1N(C)C1=CC=CC2C1N=CN2c1ccc2c(c1)=CC(C)C(/C=C/c1ccc3cc(N4C=NC5C(N(C)c6ccccc6)=CC=CC54)ccc3c1)C=2. The van der Waals surface area contributed by atoms with Crippen molar-refractivity contribution in [3.8, 4) is 0 Å². The van der Waals surface area contributed by atoms with Crippen molar-refractivity contribution in [3.63, 3.8) is 0 Å². The van der Waals surface area contributed by atoms with Gasteiger partial charge in [0, 0.05) is 54.2 Å². The highest BCUT2D eigenvalue weighted by atomic mass is 15.3. The highest BCUT2D eigenvalue weighted by molar-refractivity contribution is 5.93. The number of para-hydroxylation sites is 1. The average molecular weight is 759 g/mol. The van der Waals surface area contributed by atoms with Crippen LogP contribution >= 0.6 is 0 Å². The monoisotopic (exact) mass is 758 g/mol. The summed E-state index contributed by atoms with van der Waals surface area (Å²) in [5, 5.41) is 5.04. The molecule has 6 aliphatic rings. The van der Waals surface area contributed by atoms with Crippen molar-refractivity contribution < 1.29 is 0 Å². The second-order valence-corrected chi connectivity index (χ2v) is 16.5. The maximum absolute atomic E-state index is 5.06. The first-order valence-corrected chi connectivity index (χ1v) is 20.7. The van der Waals surface area contributed by atoms with E-state index in [1.165, 1.54) is 55.2 Å². The van der Waals surface area contributed by atoms with Crippen LogP contribution in [0.5, 0.6) is 0 Å². The lowest BCUT2D eigenvalue weighted by Crippen LogP contribution is -2.41. The highest BCUT2D eigenvalue weighted by Gasteiger charge is 2.37. The van der Waals surface area contributed by atoms with Crippen LogP contribution in [0.2, 0.25) is 0 Å². The van der Waals surface area contributed by atoms with E-state index in [-0.39, 0.29) is 24.2 Å². The lowest BCUT2D eigenvalue weighted by atomic mass is 9.87. The zero-order valence-electron chi connectivity index (χ0n) is 33.7. The second kappa shape index (κ2) is 14.8. The Morgan fingerprint density at radius 1 is 0.638 bits per heavy atom. The number of rotatable bonds is 8. The molecule has 0 spiro atoms. The Labute approximate surface area is 342 Å². The molecular formula is C52H50N6. The number of hydrogen-bond acceptors (Lipinski definition) is 6. The minimum absolute atomic E-state index is 0.0509. The van der Waals surface area contributed by atoms with Crippen LogP contribution < -0.4 is 25.1 Å². The minimum atomic E-state index is 0.0509. The molecule has 0 amide bonds. The van der Waals surface area contributed by atoms with E-state index in [2.05, 4.69) is 211 Å². The largest absolute Gasteiger partial charge is 0.349 e. The van der Waals surface area contributed by atoms with Crippen molar-refractivity contribution in [1.29, 1.82) is 0 Å². The summed E-state index contributed by atoms with van der Waals surface area (Å²) in [6.07, 6.45) is 34.7.